The van der Waals surface area contributed by atoms with Crippen molar-refractivity contribution in [1.82, 2.24) is 0 Å². The van der Waals surface area contributed by atoms with Gasteiger partial charge < -0.3 is 0 Å². The van der Waals surface area contributed by atoms with E-state index in [1.807, 2.05) is 0 Å². The molecule has 2 atom stereocenters. The molecule has 2 aromatic rings. The van der Waals surface area contributed by atoms with Gasteiger partial charge in [0.25, 0.3) is 0 Å². The number of hydrogen-bond acceptors (Lipinski definition) is 0. The van der Waals surface area contributed by atoms with Crippen LogP contribution in [0.25, 0.3) is 0 Å². The summed E-state index contributed by atoms with van der Waals surface area (Å²) in [5, 5.41) is 0. The maximum Gasteiger partial charge on any atom is 0.460 e. The second-order valence-corrected chi connectivity index (χ2v) is 12.7. The van der Waals surface area contributed by atoms with Crippen molar-refractivity contribution in [2.45, 2.75) is 109 Å². The van der Waals surface area contributed by atoms with Crippen LogP contribution in [0.5, 0.6) is 0 Å². The second-order valence-electron chi connectivity index (χ2n) is 12.7. The van der Waals surface area contributed by atoms with Crippen LogP contribution in [-0.4, -0.2) is 71.6 Å². The summed E-state index contributed by atoms with van der Waals surface area (Å²) in [6.45, 7) is -0.225. The highest BCUT2D eigenvalue weighted by atomic mass is 19.4. The maximum absolute atomic E-state index is 15.6. The van der Waals surface area contributed by atoms with Crippen molar-refractivity contribution in [3.05, 3.63) is 71.8 Å². The first-order chi connectivity index (χ1) is 24.4. The van der Waals surface area contributed by atoms with E-state index >= 15 is 17.6 Å². The molecule has 0 saturated heterocycles. The summed E-state index contributed by atoms with van der Waals surface area (Å²) in [5.41, 5.74) is -10.6. The topological polar surface area (TPSA) is 0 Å². The molecule has 322 valence electrons. The molecule has 0 aliphatic rings. The number of halogens is 26. The Labute approximate surface area is 295 Å². The summed E-state index contributed by atoms with van der Waals surface area (Å²) in [4.78, 5) is 0. The summed E-state index contributed by atoms with van der Waals surface area (Å²) < 4.78 is 365. The first-order valence-corrected chi connectivity index (χ1v) is 14.4. The number of alkyl halides is 26. The van der Waals surface area contributed by atoms with Gasteiger partial charge in [-0.15, -0.1) is 0 Å². The lowest BCUT2D eigenvalue weighted by Gasteiger charge is -2.52. The summed E-state index contributed by atoms with van der Waals surface area (Å²) >= 11 is 0. The van der Waals surface area contributed by atoms with E-state index in [9.17, 15) is 96.6 Å². The van der Waals surface area contributed by atoms with Crippen molar-refractivity contribution in [3.63, 3.8) is 0 Å². The molecule has 0 radical (unpaired) electrons. The third-order valence-corrected chi connectivity index (χ3v) is 9.19. The Kier molecular flexibility index (Phi) is 11.8. The number of rotatable bonds is 15. The molecule has 0 N–H and O–H groups in total. The van der Waals surface area contributed by atoms with E-state index < -0.39 is 106 Å². The smallest absolute Gasteiger partial charge is 0.200 e. The third-order valence-electron chi connectivity index (χ3n) is 9.19. The summed E-state index contributed by atoms with van der Waals surface area (Å²) in [7, 11) is 0. The van der Waals surface area contributed by atoms with Gasteiger partial charge in [-0.2, -0.15) is 114 Å². The molecule has 2 unspecified atom stereocenters. The average molecular weight is 874 g/mol. The predicted molar refractivity (Wildman–Crippen MR) is 138 cm³/mol. The Morgan fingerprint density at radius 2 is 0.482 bits per heavy atom. The first kappa shape index (κ1) is 48.8. The first-order valence-electron chi connectivity index (χ1n) is 14.4. The highest BCUT2D eigenvalue weighted by molar-refractivity contribution is 5.39. The summed E-state index contributed by atoms with van der Waals surface area (Å²) in [6.07, 6.45) is -22.8. The molecule has 26 heteroatoms. The van der Waals surface area contributed by atoms with Crippen LogP contribution in [0.1, 0.15) is 37.8 Å². The lowest BCUT2D eigenvalue weighted by atomic mass is 9.54. The predicted octanol–water partition coefficient (Wildman–Crippen LogP) is 13.2. The van der Waals surface area contributed by atoms with Gasteiger partial charge in [-0.05, 0) is 11.1 Å². The number of hydrogen-bond donors (Lipinski definition) is 0. The van der Waals surface area contributed by atoms with Crippen molar-refractivity contribution in [2.24, 2.45) is 0 Å². The zero-order valence-electron chi connectivity index (χ0n) is 27.0. The van der Waals surface area contributed by atoms with Crippen LogP contribution in [0, 0.1) is 0 Å². The quantitative estimate of drug-likeness (QED) is 0.156. The van der Waals surface area contributed by atoms with E-state index in [-0.39, 0.29) is 13.8 Å². The lowest BCUT2D eigenvalue weighted by molar-refractivity contribution is -0.442. The molecule has 0 aliphatic carbocycles. The molecule has 0 fully saturated rings. The Morgan fingerprint density at radius 3 is 0.679 bits per heavy atom. The Bertz CT molecular complexity index is 1530. The van der Waals surface area contributed by atoms with E-state index in [4.69, 9.17) is 0 Å². The van der Waals surface area contributed by atoms with Crippen LogP contribution in [0.4, 0.5) is 114 Å². The van der Waals surface area contributed by atoms with E-state index in [1.54, 1.807) is 0 Å². The van der Waals surface area contributed by atoms with Crippen LogP contribution in [0.3, 0.4) is 0 Å². The van der Waals surface area contributed by atoms with Gasteiger partial charge in [0, 0.05) is 23.7 Å². The van der Waals surface area contributed by atoms with Gasteiger partial charge in [0.05, 0.1) is 0 Å². The molecule has 0 nitrogen and oxygen atoms in total. The van der Waals surface area contributed by atoms with Gasteiger partial charge in [-0.3, -0.25) is 0 Å². The van der Waals surface area contributed by atoms with Gasteiger partial charge in [0.2, 0.25) is 0 Å². The Hall–Kier alpha value is -3.38. The van der Waals surface area contributed by atoms with E-state index in [0.717, 1.165) is 12.1 Å². The molecular formula is C30H20F26. The zero-order chi connectivity index (χ0) is 44.6. The summed E-state index contributed by atoms with van der Waals surface area (Å²) in [6, 6.07) is 5.49. The number of benzene rings is 2. The van der Waals surface area contributed by atoms with Gasteiger partial charge in [0.15, 0.2) is 0 Å². The van der Waals surface area contributed by atoms with Gasteiger partial charge in [-0.25, -0.2) is 0 Å². The highest BCUT2D eigenvalue weighted by Gasteiger charge is 2.92. The van der Waals surface area contributed by atoms with Gasteiger partial charge in [-0.1, -0.05) is 74.5 Å². The monoisotopic (exact) mass is 874 g/mol. The SMILES string of the molecule is CC(CC(F)(F)C(F)(F)C(F)(F)C(F)(F)C(F)(F)C(F)(F)F)(c1ccccc1)C(C)(CC(F)(F)C(F)(F)C(F)(F)C(F)(F)C(F)(F)C(F)(F)F)c1ccccc1. The van der Waals surface area contributed by atoms with Crippen molar-refractivity contribution in [1.29, 1.82) is 0 Å². The fraction of sp³-hybridized carbons (Fsp3) is 0.600. The lowest BCUT2D eigenvalue weighted by Crippen LogP contribution is -2.71. The van der Waals surface area contributed by atoms with Gasteiger partial charge in [0.1, 0.15) is 0 Å². The van der Waals surface area contributed by atoms with Crippen LogP contribution in [0.2, 0.25) is 0 Å². The second kappa shape index (κ2) is 13.6. The van der Waals surface area contributed by atoms with Crippen molar-refractivity contribution >= 4 is 0 Å². The molecule has 0 spiro atoms. The molecule has 2 aromatic carbocycles. The fourth-order valence-electron chi connectivity index (χ4n) is 5.56. The van der Waals surface area contributed by atoms with Crippen LogP contribution >= 0.6 is 0 Å². The maximum atomic E-state index is 15.6. The fourth-order valence-corrected chi connectivity index (χ4v) is 5.56. The largest absolute Gasteiger partial charge is 0.460 e. The molecule has 2 rings (SSSR count). The van der Waals surface area contributed by atoms with Gasteiger partial charge >= 0.3 is 71.6 Å². The van der Waals surface area contributed by atoms with Crippen LogP contribution in [0.15, 0.2) is 60.7 Å². The molecular weight excluding hydrogens is 854 g/mol. The Balaban J connectivity index is 3.05. The Morgan fingerprint density at radius 1 is 0.286 bits per heavy atom. The highest BCUT2D eigenvalue weighted by Crippen LogP contribution is 2.66. The van der Waals surface area contributed by atoms with Crippen LogP contribution in [-0.2, 0) is 10.8 Å². The molecule has 0 amide bonds. The molecule has 0 saturated carbocycles. The van der Waals surface area contributed by atoms with Crippen molar-refractivity contribution in [2.75, 3.05) is 0 Å². The molecule has 56 heavy (non-hydrogen) atoms. The zero-order valence-corrected chi connectivity index (χ0v) is 27.0. The average Bonchev–Trinajstić information content (AvgIpc) is 3.03. The molecule has 0 bridgehead atoms. The van der Waals surface area contributed by atoms with Crippen molar-refractivity contribution < 1.29 is 114 Å². The van der Waals surface area contributed by atoms with E-state index in [0.29, 0.717) is 48.5 Å². The minimum Gasteiger partial charge on any atom is -0.200 e. The standard InChI is InChI=1S/C30H20F26/c1-17(15-9-5-3-6-10-15,13-19(31,32)21(35,36)23(39,40)25(43,44)27(47,48)29(51,52)53)18(2,16-11-7-4-8-12-16)14-20(33,34)22(37,38)24(41,42)26(45,46)28(49,50)30(54,55)56/h3-12H,13-14H2,1-2H3. The minimum atomic E-state index is -8.50. The third kappa shape index (κ3) is 6.78. The van der Waals surface area contributed by atoms with Crippen LogP contribution < -0.4 is 0 Å². The molecule has 0 heterocycles. The molecule has 0 aromatic heterocycles. The minimum absolute atomic E-state index is 0.112. The van der Waals surface area contributed by atoms with E-state index in [2.05, 4.69) is 0 Å². The van der Waals surface area contributed by atoms with E-state index in [1.165, 1.54) is 0 Å². The molecule has 0 aliphatic heterocycles. The normalized spacial score (nSPS) is 17.7. The summed E-state index contributed by atoms with van der Waals surface area (Å²) in [5.74, 6) is -81.3. The van der Waals surface area contributed by atoms with Crippen molar-refractivity contribution in [3.8, 4) is 0 Å².